The quantitative estimate of drug-likeness (QED) is 0.917. The molecule has 108 valence electrons. The molecular formula is C17H23NO2. The van der Waals surface area contributed by atoms with Crippen molar-refractivity contribution in [2.45, 2.75) is 39.5 Å². The van der Waals surface area contributed by atoms with Crippen molar-refractivity contribution in [1.82, 2.24) is 0 Å². The molecule has 20 heavy (non-hydrogen) atoms. The van der Waals surface area contributed by atoms with Crippen LogP contribution in [0.5, 0.6) is 0 Å². The third kappa shape index (κ3) is 2.47. The van der Waals surface area contributed by atoms with Gasteiger partial charge >= 0.3 is 0 Å². The summed E-state index contributed by atoms with van der Waals surface area (Å²) in [6.07, 6.45) is 4.12. The second kappa shape index (κ2) is 5.21. The van der Waals surface area contributed by atoms with E-state index in [1.807, 2.05) is 6.07 Å². The van der Waals surface area contributed by atoms with E-state index >= 15 is 0 Å². The van der Waals surface area contributed by atoms with Crippen LogP contribution in [0.4, 0.5) is 5.69 Å². The zero-order valence-electron chi connectivity index (χ0n) is 12.4. The number of ether oxygens (including phenoxy) is 1. The van der Waals surface area contributed by atoms with E-state index in [1.54, 1.807) is 0 Å². The SMILES string of the molecule is CCc1cc(NC(=O)[C@H]2CC23CCOCC3)ccc1C. The molecule has 0 bridgehead atoms. The van der Waals surface area contributed by atoms with Gasteiger partial charge in [-0.1, -0.05) is 13.0 Å². The predicted molar refractivity (Wildman–Crippen MR) is 79.8 cm³/mol. The second-order valence-corrected chi connectivity index (χ2v) is 6.22. The number of nitrogens with one attached hydrogen (secondary N) is 1. The number of hydrogen-bond acceptors (Lipinski definition) is 2. The smallest absolute Gasteiger partial charge is 0.228 e. The summed E-state index contributed by atoms with van der Waals surface area (Å²) < 4.78 is 5.40. The minimum atomic E-state index is 0.192. The molecule has 3 rings (SSSR count). The number of rotatable bonds is 3. The fourth-order valence-electron chi connectivity index (χ4n) is 3.41. The van der Waals surface area contributed by atoms with Gasteiger partial charge in [-0.25, -0.2) is 0 Å². The van der Waals surface area contributed by atoms with Crippen LogP contribution in [-0.2, 0) is 16.0 Å². The van der Waals surface area contributed by atoms with Gasteiger partial charge in [-0.15, -0.1) is 0 Å². The van der Waals surface area contributed by atoms with Crippen LogP contribution in [0.2, 0.25) is 0 Å². The lowest BCUT2D eigenvalue weighted by Gasteiger charge is -2.22. The van der Waals surface area contributed by atoms with Gasteiger partial charge in [0.1, 0.15) is 0 Å². The van der Waals surface area contributed by atoms with Crippen molar-refractivity contribution in [1.29, 1.82) is 0 Å². The van der Waals surface area contributed by atoms with Gasteiger partial charge in [0.05, 0.1) is 0 Å². The molecule has 0 radical (unpaired) electrons. The molecule has 1 saturated carbocycles. The highest BCUT2D eigenvalue weighted by atomic mass is 16.5. The Balaban J connectivity index is 1.65. The Morgan fingerprint density at radius 2 is 2.15 bits per heavy atom. The number of carbonyl (C=O) groups is 1. The first-order chi connectivity index (χ1) is 9.64. The monoisotopic (exact) mass is 273 g/mol. The van der Waals surface area contributed by atoms with E-state index in [0.717, 1.165) is 44.6 Å². The lowest BCUT2D eigenvalue weighted by Crippen LogP contribution is -2.24. The van der Waals surface area contributed by atoms with Crippen LogP contribution in [0.3, 0.4) is 0 Å². The number of aryl methyl sites for hydroxylation is 2. The average Bonchev–Trinajstić information content (AvgIpc) is 3.15. The molecule has 2 aliphatic rings. The average molecular weight is 273 g/mol. The van der Waals surface area contributed by atoms with Crippen molar-refractivity contribution in [3.63, 3.8) is 0 Å². The zero-order valence-corrected chi connectivity index (χ0v) is 12.4. The molecular weight excluding hydrogens is 250 g/mol. The van der Waals surface area contributed by atoms with Crippen LogP contribution < -0.4 is 5.32 Å². The van der Waals surface area contributed by atoms with Crippen LogP contribution in [0.15, 0.2) is 18.2 Å². The third-order valence-corrected chi connectivity index (χ3v) is 4.99. The van der Waals surface area contributed by atoms with Gasteiger partial charge in [0.2, 0.25) is 5.91 Å². The lowest BCUT2D eigenvalue weighted by atomic mass is 9.93. The molecule has 1 aliphatic carbocycles. The molecule has 1 atom stereocenters. The van der Waals surface area contributed by atoms with Gasteiger partial charge in [0.15, 0.2) is 0 Å². The summed E-state index contributed by atoms with van der Waals surface area (Å²) >= 11 is 0. The van der Waals surface area contributed by atoms with Crippen LogP contribution in [0.25, 0.3) is 0 Å². The highest BCUT2D eigenvalue weighted by Crippen LogP contribution is 2.59. The summed E-state index contributed by atoms with van der Waals surface area (Å²) in [5.41, 5.74) is 3.78. The molecule has 1 aliphatic heterocycles. The zero-order chi connectivity index (χ0) is 14.2. The third-order valence-electron chi connectivity index (χ3n) is 4.99. The Labute approximate surface area is 120 Å². The van der Waals surface area contributed by atoms with Crippen molar-refractivity contribution in [2.24, 2.45) is 11.3 Å². The highest BCUT2D eigenvalue weighted by molar-refractivity contribution is 5.95. The van der Waals surface area contributed by atoms with E-state index in [0.29, 0.717) is 0 Å². The number of carbonyl (C=O) groups excluding carboxylic acids is 1. The Kier molecular flexibility index (Phi) is 3.55. The minimum absolute atomic E-state index is 0.192. The first-order valence-corrected chi connectivity index (χ1v) is 7.63. The molecule has 1 heterocycles. The largest absolute Gasteiger partial charge is 0.381 e. The molecule has 0 unspecified atom stereocenters. The van der Waals surface area contributed by atoms with Crippen molar-refractivity contribution < 1.29 is 9.53 Å². The highest BCUT2D eigenvalue weighted by Gasteiger charge is 2.57. The van der Waals surface area contributed by atoms with Gasteiger partial charge < -0.3 is 10.1 Å². The molecule has 2 fully saturated rings. The van der Waals surface area contributed by atoms with Gasteiger partial charge in [-0.2, -0.15) is 0 Å². The van der Waals surface area contributed by atoms with Crippen molar-refractivity contribution in [3.8, 4) is 0 Å². The number of hydrogen-bond donors (Lipinski definition) is 1. The molecule has 1 saturated heterocycles. The summed E-state index contributed by atoms with van der Waals surface area (Å²) in [6.45, 7) is 5.89. The molecule has 1 aromatic rings. The van der Waals surface area contributed by atoms with Gasteiger partial charge in [0, 0.05) is 24.8 Å². The van der Waals surface area contributed by atoms with Crippen LogP contribution in [0.1, 0.15) is 37.3 Å². The molecule has 0 aromatic heterocycles. The van der Waals surface area contributed by atoms with Crippen LogP contribution >= 0.6 is 0 Å². The minimum Gasteiger partial charge on any atom is -0.381 e. The number of anilines is 1. The maximum absolute atomic E-state index is 12.4. The molecule has 1 amide bonds. The van der Waals surface area contributed by atoms with Crippen molar-refractivity contribution >= 4 is 11.6 Å². The first kappa shape index (κ1) is 13.6. The van der Waals surface area contributed by atoms with Gasteiger partial charge in [-0.3, -0.25) is 4.79 Å². The maximum Gasteiger partial charge on any atom is 0.228 e. The van der Waals surface area contributed by atoms with E-state index in [4.69, 9.17) is 4.74 Å². The summed E-state index contributed by atoms with van der Waals surface area (Å²) in [4.78, 5) is 12.4. The van der Waals surface area contributed by atoms with Crippen molar-refractivity contribution in [2.75, 3.05) is 18.5 Å². The topological polar surface area (TPSA) is 38.3 Å². The van der Waals surface area contributed by atoms with E-state index in [-0.39, 0.29) is 17.2 Å². The summed E-state index contributed by atoms with van der Waals surface area (Å²) in [6, 6.07) is 6.20. The maximum atomic E-state index is 12.4. The molecule has 3 nitrogen and oxygen atoms in total. The molecule has 1 spiro atoms. The number of benzene rings is 1. The fourth-order valence-corrected chi connectivity index (χ4v) is 3.41. The lowest BCUT2D eigenvalue weighted by molar-refractivity contribution is -0.118. The summed E-state index contributed by atoms with van der Waals surface area (Å²) in [5.74, 6) is 0.385. The van der Waals surface area contributed by atoms with E-state index in [9.17, 15) is 4.79 Å². The Hall–Kier alpha value is -1.35. The standard InChI is InChI=1S/C17H23NO2/c1-3-13-10-14(5-4-12(13)2)18-16(19)15-11-17(15)6-8-20-9-7-17/h4-5,10,15H,3,6-9,11H2,1-2H3,(H,18,19)/t15-/m1/s1. The summed E-state index contributed by atoms with van der Waals surface area (Å²) in [5, 5.41) is 3.10. The fraction of sp³-hybridized carbons (Fsp3) is 0.588. The molecule has 1 N–H and O–H groups in total. The van der Waals surface area contributed by atoms with Crippen LogP contribution in [-0.4, -0.2) is 19.1 Å². The van der Waals surface area contributed by atoms with E-state index < -0.39 is 0 Å². The normalized spacial score (nSPS) is 23.6. The molecule has 1 aromatic carbocycles. The first-order valence-electron chi connectivity index (χ1n) is 7.63. The summed E-state index contributed by atoms with van der Waals surface area (Å²) in [7, 11) is 0. The van der Waals surface area contributed by atoms with Gasteiger partial charge in [0.25, 0.3) is 0 Å². The van der Waals surface area contributed by atoms with Crippen LogP contribution in [0, 0.1) is 18.3 Å². The van der Waals surface area contributed by atoms with E-state index in [1.165, 1.54) is 11.1 Å². The van der Waals surface area contributed by atoms with Gasteiger partial charge in [-0.05, 0) is 61.3 Å². The Bertz CT molecular complexity index is 518. The molecule has 3 heteroatoms. The second-order valence-electron chi connectivity index (χ2n) is 6.22. The van der Waals surface area contributed by atoms with Crippen molar-refractivity contribution in [3.05, 3.63) is 29.3 Å². The predicted octanol–water partition coefficient (Wildman–Crippen LogP) is 3.31. The number of amides is 1. The Morgan fingerprint density at radius 3 is 2.85 bits per heavy atom. The Morgan fingerprint density at radius 1 is 1.40 bits per heavy atom. The van der Waals surface area contributed by atoms with E-state index in [2.05, 4.69) is 31.3 Å².